The van der Waals surface area contributed by atoms with E-state index in [0.717, 1.165) is 0 Å². The highest BCUT2D eigenvalue weighted by Gasteiger charge is 2.19. The Bertz CT molecular complexity index is 1420. The van der Waals surface area contributed by atoms with E-state index in [0.29, 0.717) is 40.1 Å². The van der Waals surface area contributed by atoms with Crippen molar-refractivity contribution >= 4 is 24.0 Å². The van der Waals surface area contributed by atoms with Crippen LogP contribution in [-0.4, -0.2) is 73.2 Å². The topological polar surface area (TPSA) is 152 Å². The molecule has 222 valence electrons. The van der Waals surface area contributed by atoms with Crippen LogP contribution in [0.3, 0.4) is 0 Å². The number of amides is 2. The van der Waals surface area contributed by atoms with Crippen LogP contribution in [0.1, 0.15) is 26.3 Å². The molecule has 0 aliphatic heterocycles. The quantitative estimate of drug-likeness (QED) is 0.133. The first kappa shape index (κ1) is 31.1. The highest BCUT2D eigenvalue weighted by Crippen LogP contribution is 2.39. The first-order chi connectivity index (χ1) is 20.3. The molecule has 0 spiro atoms. The van der Waals surface area contributed by atoms with Crippen molar-refractivity contribution in [2.75, 3.05) is 49.2 Å². The van der Waals surface area contributed by atoms with Crippen LogP contribution < -0.4 is 43.9 Å². The number of carbonyl (C=O) groups is 3. The number of nitrogens with one attached hydrogen (secondary N) is 2. The Kier molecular flexibility index (Phi) is 10.9. The van der Waals surface area contributed by atoms with E-state index in [1.165, 1.54) is 73.1 Å². The van der Waals surface area contributed by atoms with Crippen molar-refractivity contribution in [1.29, 1.82) is 0 Å². The van der Waals surface area contributed by atoms with Gasteiger partial charge in [0, 0.05) is 5.56 Å². The predicted molar refractivity (Wildman–Crippen MR) is 152 cm³/mol. The summed E-state index contributed by atoms with van der Waals surface area (Å²) in [6, 6.07) is 12.4. The summed E-state index contributed by atoms with van der Waals surface area (Å²) in [5, 5.41) is 6.39. The lowest BCUT2D eigenvalue weighted by atomic mass is 10.1. The maximum absolute atomic E-state index is 12.8. The first-order valence-corrected chi connectivity index (χ1v) is 12.3. The Morgan fingerprint density at radius 3 is 1.74 bits per heavy atom. The summed E-state index contributed by atoms with van der Waals surface area (Å²) >= 11 is 0. The zero-order valence-electron chi connectivity index (χ0n) is 23.9. The van der Waals surface area contributed by atoms with Crippen LogP contribution >= 0.6 is 0 Å². The fraction of sp³-hybridized carbons (Fsp3) is 0.241. The minimum absolute atomic E-state index is 0.185. The minimum atomic E-state index is -0.653. The van der Waals surface area contributed by atoms with E-state index in [1.807, 2.05) is 0 Å². The van der Waals surface area contributed by atoms with Gasteiger partial charge in [-0.15, -0.1) is 0 Å². The molecule has 0 aromatic heterocycles. The standard InChI is InChI=1S/C29H31N3O10/c1-36-21-11-18(12-22(37-2)26(21)40-5)28(34)30-16-25(33)32-31-15-17-8-7-9-20(10-17)42-29(35)19-13-23(38-3)27(41-6)24(14-19)39-4/h7-15H,16H2,1-6H3,(H,30,34)(H,32,33)/b31-15-. The van der Waals surface area contributed by atoms with E-state index in [-0.39, 0.29) is 23.4 Å². The van der Waals surface area contributed by atoms with E-state index in [1.54, 1.807) is 24.3 Å². The molecule has 0 saturated heterocycles. The van der Waals surface area contributed by atoms with Crippen LogP contribution in [0.25, 0.3) is 0 Å². The molecule has 0 heterocycles. The second-order valence-electron chi connectivity index (χ2n) is 8.27. The fourth-order valence-corrected chi connectivity index (χ4v) is 3.72. The molecule has 0 bridgehead atoms. The lowest BCUT2D eigenvalue weighted by Crippen LogP contribution is -2.34. The minimum Gasteiger partial charge on any atom is -0.493 e. The molecule has 3 rings (SSSR count). The lowest BCUT2D eigenvalue weighted by Gasteiger charge is -2.14. The van der Waals surface area contributed by atoms with Gasteiger partial charge in [-0.05, 0) is 42.0 Å². The van der Waals surface area contributed by atoms with Crippen molar-refractivity contribution in [2.24, 2.45) is 5.10 Å². The zero-order valence-corrected chi connectivity index (χ0v) is 23.9. The number of hydrogen-bond donors (Lipinski definition) is 2. The number of nitrogens with zero attached hydrogens (tertiary/aromatic N) is 1. The summed E-state index contributed by atoms with van der Waals surface area (Å²) in [6.07, 6.45) is 1.36. The van der Waals surface area contributed by atoms with Gasteiger partial charge in [0.15, 0.2) is 23.0 Å². The highest BCUT2D eigenvalue weighted by atomic mass is 16.5. The number of methoxy groups -OCH3 is 6. The van der Waals surface area contributed by atoms with Gasteiger partial charge >= 0.3 is 5.97 Å². The molecule has 2 amide bonds. The van der Waals surface area contributed by atoms with Crippen LogP contribution in [0.5, 0.6) is 40.2 Å². The molecule has 0 aliphatic carbocycles. The third-order valence-electron chi connectivity index (χ3n) is 5.71. The Morgan fingerprint density at radius 2 is 1.24 bits per heavy atom. The van der Waals surface area contributed by atoms with E-state index in [4.69, 9.17) is 33.2 Å². The molecule has 0 atom stereocenters. The molecule has 0 saturated carbocycles. The Balaban J connectivity index is 1.59. The summed E-state index contributed by atoms with van der Waals surface area (Å²) in [6.45, 7) is -0.348. The molecule has 42 heavy (non-hydrogen) atoms. The van der Waals surface area contributed by atoms with Crippen molar-refractivity contribution in [3.8, 4) is 40.2 Å². The van der Waals surface area contributed by atoms with Gasteiger partial charge in [-0.2, -0.15) is 5.10 Å². The average molecular weight is 582 g/mol. The number of ether oxygens (including phenoxy) is 7. The van der Waals surface area contributed by atoms with Crippen molar-refractivity contribution in [3.63, 3.8) is 0 Å². The maximum Gasteiger partial charge on any atom is 0.343 e. The van der Waals surface area contributed by atoms with Crippen LogP contribution in [0.2, 0.25) is 0 Å². The van der Waals surface area contributed by atoms with Crippen molar-refractivity contribution in [1.82, 2.24) is 10.7 Å². The summed E-state index contributed by atoms with van der Waals surface area (Å²) in [7, 11) is 8.66. The molecule has 0 radical (unpaired) electrons. The molecule has 0 fully saturated rings. The highest BCUT2D eigenvalue weighted by molar-refractivity contribution is 5.98. The molecular weight excluding hydrogens is 550 g/mol. The Hall–Kier alpha value is -5.46. The largest absolute Gasteiger partial charge is 0.493 e. The lowest BCUT2D eigenvalue weighted by molar-refractivity contribution is -0.120. The van der Waals surface area contributed by atoms with Crippen molar-refractivity contribution in [3.05, 3.63) is 65.2 Å². The van der Waals surface area contributed by atoms with Gasteiger partial charge in [-0.1, -0.05) is 12.1 Å². The molecule has 2 N–H and O–H groups in total. The summed E-state index contributed by atoms with van der Waals surface area (Å²) in [5.41, 5.74) is 3.25. The average Bonchev–Trinajstić information content (AvgIpc) is 3.01. The van der Waals surface area contributed by atoms with E-state index in [2.05, 4.69) is 15.8 Å². The monoisotopic (exact) mass is 581 g/mol. The van der Waals surface area contributed by atoms with Gasteiger partial charge in [0.2, 0.25) is 11.5 Å². The normalized spacial score (nSPS) is 10.4. The molecular formula is C29H31N3O10. The summed E-state index contributed by atoms with van der Waals surface area (Å²) < 4.78 is 37.0. The molecule has 0 aliphatic rings. The van der Waals surface area contributed by atoms with Crippen LogP contribution in [0.15, 0.2) is 53.6 Å². The SMILES string of the molecule is COc1cc(C(=O)NCC(=O)N/N=C\c2cccc(OC(=O)c3cc(OC)c(OC)c(OC)c3)c2)cc(OC)c1OC. The van der Waals surface area contributed by atoms with Gasteiger partial charge in [0.25, 0.3) is 11.8 Å². The van der Waals surface area contributed by atoms with E-state index in [9.17, 15) is 14.4 Å². The van der Waals surface area contributed by atoms with Crippen LogP contribution in [-0.2, 0) is 4.79 Å². The van der Waals surface area contributed by atoms with Gasteiger partial charge < -0.3 is 38.5 Å². The molecule has 0 unspecified atom stereocenters. The zero-order chi connectivity index (χ0) is 30.6. The third-order valence-corrected chi connectivity index (χ3v) is 5.71. The summed E-state index contributed by atoms with van der Waals surface area (Å²) in [4.78, 5) is 37.6. The van der Waals surface area contributed by atoms with E-state index >= 15 is 0 Å². The summed E-state index contributed by atoms with van der Waals surface area (Å²) in [5.74, 6) is 0.370. The van der Waals surface area contributed by atoms with Gasteiger partial charge in [0.1, 0.15) is 5.75 Å². The van der Waals surface area contributed by atoms with Crippen molar-refractivity contribution < 1.29 is 47.5 Å². The number of esters is 1. The second kappa shape index (κ2) is 14.8. The number of carbonyl (C=O) groups excluding carboxylic acids is 3. The van der Waals surface area contributed by atoms with Gasteiger partial charge in [-0.3, -0.25) is 9.59 Å². The number of hydrogen-bond acceptors (Lipinski definition) is 11. The number of rotatable bonds is 13. The number of benzene rings is 3. The van der Waals surface area contributed by atoms with E-state index < -0.39 is 17.8 Å². The molecule has 3 aromatic carbocycles. The maximum atomic E-state index is 12.8. The van der Waals surface area contributed by atoms with Gasteiger partial charge in [0.05, 0.1) is 61.0 Å². The smallest absolute Gasteiger partial charge is 0.343 e. The van der Waals surface area contributed by atoms with Crippen LogP contribution in [0, 0.1) is 0 Å². The fourth-order valence-electron chi connectivity index (χ4n) is 3.72. The molecule has 3 aromatic rings. The van der Waals surface area contributed by atoms with Crippen molar-refractivity contribution in [2.45, 2.75) is 0 Å². The molecule has 13 heteroatoms. The number of hydrazone groups is 1. The predicted octanol–water partition coefficient (Wildman–Crippen LogP) is 2.84. The molecule has 13 nitrogen and oxygen atoms in total. The van der Waals surface area contributed by atoms with Crippen LogP contribution in [0.4, 0.5) is 0 Å². The Morgan fingerprint density at radius 1 is 0.714 bits per heavy atom. The van der Waals surface area contributed by atoms with Gasteiger partial charge in [-0.25, -0.2) is 10.2 Å². The first-order valence-electron chi connectivity index (χ1n) is 12.3. The third kappa shape index (κ3) is 7.59. The Labute approximate surface area is 242 Å². The second-order valence-corrected chi connectivity index (χ2v) is 8.27.